The number of hydrogen-bond donors (Lipinski definition) is 1. The van der Waals surface area contributed by atoms with Crippen molar-refractivity contribution in [2.75, 3.05) is 6.61 Å². The highest BCUT2D eigenvalue weighted by Gasteiger charge is 2.12. The second kappa shape index (κ2) is 6.68. The summed E-state index contributed by atoms with van der Waals surface area (Å²) in [6.07, 6.45) is 0.482. The van der Waals surface area contributed by atoms with Crippen molar-refractivity contribution in [3.05, 3.63) is 69.8 Å². The van der Waals surface area contributed by atoms with Crippen molar-refractivity contribution in [2.24, 2.45) is 5.73 Å². The van der Waals surface area contributed by atoms with Crippen molar-refractivity contribution in [1.82, 2.24) is 0 Å². The third-order valence-electron chi connectivity index (χ3n) is 3.01. The van der Waals surface area contributed by atoms with E-state index in [4.69, 9.17) is 10.5 Å². The van der Waals surface area contributed by atoms with E-state index in [1.54, 1.807) is 18.2 Å². The van der Waals surface area contributed by atoms with Gasteiger partial charge in [-0.1, -0.05) is 36.4 Å². The molecule has 0 saturated carbocycles. The van der Waals surface area contributed by atoms with Gasteiger partial charge in [0.1, 0.15) is 5.75 Å². The first kappa shape index (κ1) is 14.0. The molecule has 0 aliphatic heterocycles. The van der Waals surface area contributed by atoms with Gasteiger partial charge in [0.25, 0.3) is 5.69 Å². The predicted octanol–water partition coefficient (Wildman–Crippen LogP) is 2.68. The summed E-state index contributed by atoms with van der Waals surface area (Å²) < 4.78 is 5.66. The Balaban J connectivity index is 2.01. The van der Waals surface area contributed by atoms with Gasteiger partial charge in [0.15, 0.2) is 0 Å². The molecule has 2 aromatic rings. The highest BCUT2D eigenvalue weighted by atomic mass is 16.6. The summed E-state index contributed by atoms with van der Waals surface area (Å²) >= 11 is 0. The van der Waals surface area contributed by atoms with Crippen LogP contribution in [0.1, 0.15) is 11.1 Å². The van der Waals surface area contributed by atoms with E-state index >= 15 is 0 Å². The summed E-state index contributed by atoms with van der Waals surface area (Å²) in [5.74, 6) is 0.730. The van der Waals surface area contributed by atoms with Gasteiger partial charge in [0.2, 0.25) is 0 Å². The molecule has 104 valence electrons. The van der Waals surface area contributed by atoms with E-state index < -0.39 is 0 Å². The Morgan fingerprint density at radius 2 is 1.70 bits per heavy atom. The van der Waals surface area contributed by atoms with Crippen molar-refractivity contribution < 1.29 is 9.66 Å². The summed E-state index contributed by atoms with van der Waals surface area (Å²) in [6, 6.07) is 14.2. The lowest BCUT2D eigenvalue weighted by Crippen LogP contribution is -2.06. The molecule has 20 heavy (non-hydrogen) atoms. The fourth-order valence-corrected chi connectivity index (χ4v) is 1.98. The maximum atomic E-state index is 10.9. The van der Waals surface area contributed by atoms with Crippen LogP contribution in [0.4, 0.5) is 5.69 Å². The normalized spacial score (nSPS) is 10.2. The standard InChI is InChI=1S/C15H16N2O3/c16-11-13-6-2-4-8-15(13)20-10-9-12-5-1-3-7-14(12)17(18)19/h1-8H,9-11,16H2. The van der Waals surface area contributed by atoms with E-state index in [1.165, 1.54) is 6.07 Å². The molecule has 0 bridgehead atoms. The molecule has 5 heteroatoms. The fraction of sp³-hybridized carbons (Fsp3) is 0.200. The number of benzene rings is 2. The molecule has 0 aliphatic rings. The third-order valence-corrected chi connectivity index (χ3v) is 3.01. The highest BCUT2D eigenvalue weighted by Crippen LogP contribution is 2.20. The van der Waals surface area contributed by atoms with Gasteiger partial charge in [0, 0.05) is 30.2 Å². The first-order valence-electron chi connectivity index (χ1n) is 6.35. The topological polar surface area (TPSA) is 78.4 Å². The van der Waals surface area contributed by atoms with Gasteiger partial charge in [-0.2, -0.15) is 0 Å². The van der Waals surface area contributed by atoms with Gasteiger partial charge in [-0.3, -0.25) is 10.1 Å². The number of ether oxygens (including phenoxy) is 1. The predicted molar refractivity (Wildman–Crippen MR) is 76.6 cm³/mol. The van der Waals surface area contributed by atoms with Crippen LogP contribution < -0.4 is 10.5 Å². The lowest BCUT2D eigenvalue weighted by molar-refractivity contribution is -0.385. The Morgan fingerprint density at radius 1 is 1.05 bits per heavy atom. The molecule has 0 aliphatic carbocycles. The molecule has 5 nitrogen and oxygen atoms in total. The Kier molecular flexibility index (Phi) is 4.68. The van der Waals surface area contributed by atoms with E-state index in [1.807, 2.05) is 24.3 Å². The zero-order valence-electron chi connectivity index (χ0n) is 11.0. The maximum Gasteiger partial charge on any atom is 0.272 e. The average molecular weight is 272 g/mol. The van der Waals surface area contributed by atoms with Crippen molar-refractivity contribution in [2.45, 2.75) is 13.0 Å². The third kappa shape index (κ3) is 3.33. The van der Waals surface area contributed by atoms with Crippen LogP contribution in [0.15, 0.2) is 48.5 Å². The Labute approximate surface area is 117 Å². The van der Waals surface area contributed by atoms with Crippen molar-refractivity contribution >= 4 is 5.69 Å². The number of hydrogen-bond acceptors (Lipinski definition) is 4. The van der Waals surface area contributed by atoms with Crippen LogP contribution >= 0.6 is 0 Å². The zero-order valence-corrected chi connectivity index (χ0v) is 11.0. The maximum absolute atomic E-state index is 10.9. The minimum absolute atomic E-state index is 0.128. The smallest absolute Gasteiger partial charge is 0.272 e. The van der Waals surface area contributed by atoms with Crippen LogP contribution in [-0.2, 0) is 13.0 Å². The molecule has 0 fully saturated rings. The molecule has 0 amide bonds. The molecule has 0 spiro atoms. The first-order chi connectivity index (χ1) is 9.72. The summed E-state index contributed by atoms with van der Waals surface area (Å²) in [5.41, 5.74) is 7.35. The van der Waals surface area contributed by atoms with Gasteiger partial charge in [-0.15, -0.1) is 0 Å². The van der Waals surface area contributed by atoms with Crippen LogP contribution in [-0.4, -0.2) is 11.5 Å². The van der Waals surface area contributed by atoms with Gasteiger partial charge in [0.05, 0.1) is 11.5 Å². The Morgan fingerprint density at radius 3 is 2.40 bits per heavy atom. The van der Waals surface area contributed by atoms with Crippen molar-refractivity contribution in [3.63, 3.8) is 0 Å². The Bertz CT molecular complexity index is 599. The number of nitro benzene ring substituents is 1. The number of rotatable bonds is 6. The molecular formula is C15H16N2O3. The van der Waals surface area contributed by atoms with E-state index in [0.717, 1.165) is 11.3 Å². The van der Waals surface area contributed by atoms with Crippen molar-refractivity contribution in [1.29, 1.82) is 0 Å². The molecule has 0 atom stereocenters. The minimum atomic E-state index is -0.372. The number of nitrogens with zero attached hydrogens (tertiary/aromatic N) is 1. The molecule has 0 heterocycles. The van der Waals surface area contributed by atoms with Crippen LogP contribution in [0, 0.1) is 10.1 Å². The second-order valence-corrected chi connectivity index (χ2v) is 4.30. The molecular weight excluding hydrogens is 256 g/mol. The zero-order chi connectivity index (χ0) is 14.4. The van der Waals surface area contributed by atoms with E-state index in [0.29, 0.717) is 25.1 Å². The SMILES string of the molecule is NCc1ccccc1OCCc1ccccc1[N+](=O)[O-]. The quantitative estimate of drug-likeness (QED) is 0.647. The highest BCUT2D eigenvalue weighted by molar-refractivity contribution is 5.40. The Hall–Kier alpha value is -2.40. The average Bonchev–Trinajstić information content (AvgIpc) is 2.48. The second-order valence-electron chi connectivity index (χ2n) is 4.30. The molecule has 2 rings (SSSR count). The summed E-state index contributed by atoms with van der Waals surface area (Å²) in [4.78, 5) is 10.5. The van der Waals surface area contributed by atoms with Gasteiger partial charge < -0.3 is 10.5 Å². The van der Waals surface area contributed by atoms with Crippen LogP contribution in [0.2, 0.25) is 0 Å². The summed E-state index contributed by atoms with van der Waals surface area (Å²) in [5, 5.41) is 10.9. The van der Waals surface area contributed by atoms with Gasteiger partial charge in [-0.25, -0.2) is 0 Å². The number of nitrogens with two attached hydrogens (primary N) is 1. The monoisotopic (exact) mass is 272 g/mol. The van der Waals surface area contributed by atoms with E-state index in [9.17, 15) is 10.1 Å². The van der Waals surface area contributed by atoms with Gasteiger partial charge >= 0.3 is 0 Å². The van der Waals surface area contributed by atoms with E-state index in [-0.39, 0.29) is 10.6 Å². The first-order valence-corrected chi connectivity index (χ1v) is 6.35. The molecule has 0 aromatic heterocycles. The van der Waals surface area contributed by atoms with E-state index in [2.05, 4.69) is 0 Å². The molecule has 0 unspecified atom stereocenters. The summed E-state index contributed by atoms with van der Waals surface area (Å²) in [7, 11) is 0. The minimum Gasteiger partial charge on any atom is -0.493 e. The number of nitro groups is 1. The van der Waals surface area contributed by atoms with Crippen molar-refractivity contribution in [3.8, 4) is 5.75 Å². The van der Waals surface area contributed by atoms with Crippen LogP contribution in [0.5, 0.6) is 5.75 Å². The molecule has 2 N–H and O–H groups in total. The summed E-state index contributed by atoms with van der Waals surface area (Å²) in [6.45, 7) is 0.781. The van der Waals surface area contributed by atoms with Gasteiger partial charge in [-0.05, 0) is 6.07 Å². The molecule has 0 saturated heterocycles. The molecule has 0 radical (unpaired) electrons. The lowest BCUT2D eigenvalue weighted by Gasteiger charge is -2.10. The van der Waals surface area contributed by atoms with Crippen LogP contribution in [0.25, 0.3) is 0 Å². The van der Waals surface area contributed by atoms with Crippen LogP contribution in [0.3, 0.4) is 0 Å². The lowest BCUT2D eigenvalue weighted by atomic mass is 10.1. The molecule has 2 aromatic carbocycles. The fourth-order valence-electron chi connectivity index (χ4n) is 1.98. The largest absolute Gasteiger partial charge is 0.493 e. The number of para-hydroxylation sites is 2.